The molecule has 4 rings (SSSR count). The molecule has 1 atom stereocenters. The number of tetrazole rings is 1. The lowest BCUT2D eigenvalue weighted by atomic mass is 10.0. The van der Waals surface area contributed by atoms with Crippen LogP contribution in [0.4, 0.5) is 0 Å². The van der Waals surface area contributed by atoms with Gasteiger partial charge in [-0.1, -0.05) is 49.8 Å². The van der Waals surface area contributed by atoms with Crippen molar-refractivity contribution in [1.29, 1.82) is 0 Å². The average Bonchev–Trinajstić information content (AvgIpc) is 3.36. The van der Waals surface area contributed by atoms with E-state index in [9.17, 15) is 0 Å². The molecule has 1 aliphatic carbocycles. The number of aromatic nitrogens is 4. The molecule has 0 unspecified atom stereocenters. The molecule has 0 radical (unpaired) electrons. The van der Waals surface area contributed by atoms with Gasteiger partial charge in [0.1, 0.15) is 26.2 Å². The Morgan fingerprint density at radius 1 is 1.12 bits per heavy atom. The lowest BCUT2D eigenvalue weighted by molar-refractivity contribution is -1.02. The number of hydrogen-bond acceptors (Lipinski definition) is 3. The van der Waals surface area contributed by atoms with Crippen molar-refractivity contribution >= 4 is 0 Å². The van der Waals surface area contributed by atoms with E-state index in [1.54, 1.807) is 9.80 Å². The summed E-state index contributed by atoms with van der Waals surface area (Å²) < 4.78 is 2.14. The van der Waals surface area contributed by atoms with Crippen LogP contribution in [-0.2, 0) is 0 Å². The summed E-state index contributed by atoms with van der Waals surface area (Å²) in [5.41, 5.74) is 1.32. The average molecular weight is 355 g/mol. The van der Waals surface area contributed by atoms with E-state index >= 15 is 0 Å². The van der Waals surface area contributed by atoms with Crippen LogP contribution >= 0.6 is 0 Å². The third kappa shape index (κ3) is 3.57. The summed E-state index contributed by atoms with van der Waals surface area (Å²) in [5, 5.41) is 13.0. The third-order valence-corrected chi connectivity index (χ3v) is 6.02. The van der Waals surface area contributed by atoms with E-state index in [4.69, 9.17) is 0 Å². The van der Waals surface area contributed by atoms with Crippen molar-refractivity contribution in [2.45, 2.75) is 37.8 Å². The number of rotatable bonds is 6. The van der Waals surface area contributed by atoms with Gasteiger partial charge in [0.2, 0.25) is 5.82 Å². The van der Waals surface area contributed by atoms with Crippen LogP contribution in [0.15, 0.2) is 43.0 Å². The Morgan fingerprint density at radius 3 is 2.54 bits per heavy atom. The summed E-state index contributed by atoms with van der Waals surface area (Å²) in [6.07, 6.45) is 7.01. The first-order valence-corrected chi connectivity index (χ1v) is 9.98. The van der Waals surface area contributed by atoms with E-state index < -0.39 is 0 Å². The van der Waals surface area contributed by atoms with Crippen LogP contribution in [-0.4, -0.2) is 52.9 Å². The molecule has 26 heavy (non-hydrogen) atoms. The Hall–Kier alpha value is -2.05. The molecule has 1 aromatic carbocycles. The lowest BCUT2D eigenvalue weighted by Gasteiger charge is -2.34. The third-order valence-electron chi connectivity index (χ3n) is 6.02. The van der Waals surface area contributed by atoms with E-state index in [1.165, 1.54) is 44.3 Å². The monoisotopic (exact) mass is 354 g/mol. The SMILES string of the molecule is C=CC[NH+]1CC[NH+]([C@H](c2ccccc2)c2nnnn2C2CCCC2)CC1. The standard InChI is InChI=1S/C20H28N6/c1-2-12-24-13-15-25(16-14-24)19(17-8-4-3-5-9-17)20-21-22-23-26(20)18-10-6-7-11-18/h2-5,8-9,18-19H,1,6-7,10-16H2/p+2/t19-/m1/s1. The Labute approximate surface area is 155 Å². The van der Waals surface area contributed by atoms with Gasteiger partial charge in [0, 0.05) is 5.56 Å². The molecule has 2 aliphatic rings. The number of nitrogens with one attached hydrogen (secondary N) is 2. The van der Waals surface area contributed by atoms with Gasteiger partial charge in [-0.05, 0) is 29.3 Å². The number of piperazine rings is 1. The summed E-state index contributed by atoms with van der Waals surface area (Å²) in [6, 6.07) is 11.5. The van der Waals surface area contributed by atoms with Gasteiger partial charge >= 0.3 is 0 Å². The molecular formula is C20H30N6+2. The minimum Gasteiger partial charge on any atom is -0.322 e. The zero-order valence-electron chi connectivity index (χ0n) is 15.5. The first-order chi connectivity index (χ1) is 12.9. The smallest absolute Gasteiger partial charge is 0.214 e. The van der Waals surface area contributed by atoms with Crippen LogP contribution in [0.1, 0.15) is 49.2 Å². The second-order valence-electron chi connectivity index (χ2n) is 7.66. The summed E-state index contributed by atoms with van der Waals surface area (Å²) >= 11 is 0. The first-order valence-electron chi connectivity index (χ1n) is 9.98. The second-order valence-corrected chi connectivity index (χ2v) is 7.66. The molecule has 2 heterocycles. The molecule has 0 spiro atoms. The van der Waals surface area contributed by atoms with Crippen LogP contribution in [0.3, 0.4) is 0 Å². The summed E-state index contributed by atoms with van der Waals surface area (Å²) in [5.74, 6) is 1.05. The molecule has 0 amide bonds. The zero-order chi connectivity index (χ0) is 17.8. The fourth-order valence-corrected chi connectivity index (χ4v) is 4.63. The van der Waals surface area contributed by atoms with Crippen molar-refractivity contribution in [3.8, 4) is 0 Å². The Morgan fingerprint density at radius 2 is 1.85 bits per heavy atom. The molecule has 1 saturated heterocycles. The Balaban J connectivity index is 1.63. The molecule has 6 nitrogen and oxygen atoms in total. The maximum atomic E-state index is 4.53. The summed E-state index contributed by atoms with van der Waals surface area (Å²) in [6.45, 7) is 9.58. The quantitative estimate of drug-likeness (QED) is 0.710. The maximum absolute atomic E-state index is 4.53. The Kier molecular flexibility index (Phi) is 5.41. The van der Waals surface area contributed by atoms with Gasteiger partial charge in [-0.3, -0.25) is 0 Å². The van der Waals surface area contributed by atoms with Crippen molar-refractivity contribution in [1.82, 2.24) is 20.2 Å². The fourth-order valence-electron chi connectivity index (χ4n) is 4.63. The largest absolute Gasteiger partial charge is 0.322 e. The molecule has 2 fully saturated rings. The normalized spacial score (nSPS) is 25.2. The summed E-state index contributed by atoms with van der Waals surface area (Å²) in [4.78, 5) is 3.21. The minimum absolute atomic E-state index is 0.220. The highest BCUT2D eigenvalue weighted by molar-refractivity contribution is 5.22. The van der Waals surface area contributed by atoms with Gasteiger partial charge in [-0.25, -0.2) is 4.68 Å². The van der Waals surface area contributed by atoms with Crippen LogP contribution in [0.2, 0.25) is 0 Å². The molecule has 1 aromatic heterocycles. The summed E-state index contributed by atoms with van der Waals surface area (Å²) in [7, 11) is 0. The van der Waals surface area contributed by atoms with Crippen molar-refractivity contribution in [3.05, 3.63) is 54.4 Å². The molecule has 2 aromatic rings. The van der Waals surface area contributed by atoms with Gasteiger partial charge in [-0.2, -0.15) is 0 Å². The molecule has 6 heteroatoms. The fraction of sp³-hybridized carbons (Fsp3) is 0.550. The highest BCUT2D eigenvalue weighted by atomic mass is 15.6. The number of benzene rings is 1. The zero-order valence-corrected chi connectivity index (χ0v) is 15.5. The molecule has 138 valence electrons. The number of quaternary nitrogens is 2. The van der Waals surface area contributed by atoms with Crippen LogP contribution in [0.25, 0.3) is 0 Å². The first kappa shape index (κ1) is 17.4. The van der Waals surface area contributed by atoms with E-state index in [2.05, 4.69) is 57.1 Å². The number of nitrogens with zero attached hydrogens (tertiary/aromatic N) is 4. The maximum Gasteiger partial charge on any atom is 0.214 e. The van der Waals surface area contributed by atoms with E-state index in [-0.39, 0.29) is 6.04 Å². The van der Waals surface area contributed by atoms with E-state index in [0.717, 1.165) is 25.5 Å². The minimum atomic E-state index is 0.220. The van der Waals surface area contributed by atoms with Crippen molar-refractivity contribution < 1.29 is 9.80 Å². The topological polar surface area (TPSA) is 52.5 Å². The molecule has 2 N–H and O–H groups in total. The van der Waals surface area contributed by atoms with Gasteiger partial charge in [0.25, 0.3) is 0 Å². The van der Waals surface area contributed by atoms with Gasteiger partial charge in [0.05, 0.1) is 12.6 Å². The van der Waals surface area contributed by atoms with Gasteiger partial charge in [-0.15, -0.1) is 5.10 Å². The van der Waals surface area contributed by atoms with Crippen LogP contribution in [0.5, 0.6) is 0 Å². The second kappa shape index (κ2) is 8.10. The predicted octanol–water partition coefficient (Wildman–Crippen LogP) is -0.153. The molecule has 1 saturated carbocycles. The molecular weight excluding hydrogens is 324 g/mol. The van der Waals surface area contributed by atoms with Gasteiger partial charge in [0.15, 0.2) is 6.04 Å². The van der Waals surface area contributed by atoms with Crippen molar-refractivity contribution in [2.24, 2.45) is 0 Å². The van der Waals surface area contributed by atoms with Crippen LogP contribution in [0, 0.1) is 0 Å². The number of hydrogen-bond donors (Lipinski definition) is 2. The van der Waals surface area contributed by atoms with E-state index in [0.29, 0.717) is 6.04 Å². The van der Waals surface area contributed by atoms with Gasteiger partial charge < -0.3 is 9.80 Å². The van der Waals surface area contributed by atoms with Crippen LogP contribution < -0.4 is 9.80 Å². The van der Waals surface area contributed by atoms with Crippen molar-refractivity contribution in [3.63, 3.8) is 0 Å². The molecule has 0 bridgehead atoms. The highest BCUT2D eigenvalue weighted by Crippen LogP contribution is 2.31. The Bertz CT molecular complexity index is 698. The van der Waals surface area contributed by atoms with Crippen molar-refractivity contribution in [2.75, 3.05) is 32.7 Å². The highest BCUT2D eigenvalue weighted by Gasteiger charge is 2.36. The molecule has 1 aliphatic heterocycles. The van der Waals surface area contributed by atoms with E-state index in [1.807, 2.05) is 6.08 Å². The predicted molar refractivity (Wildman–Crippen MR) is 100 cm³/mol. The lowest BCUT2D eigenvalue weighted by Crippen LogP contribution is -3.28.